The summed E-state index contributed by atoms with van der Waals surface area (Å²) in [5, 5.41) is 24.9. The third kappa shape index (κ3) is 13.6. The number of carboxylic acids is 1. The van der Waals surface area contributed by atoms with E-state index in [1.54, 1.807) is 25.1 Å². The fraction of sp³-hybridized carbons (Fsp3) is 0.431. The van der Waals surface area contributed by atoms with Crippen LogP contribution in [0, 0.1) is 6.92 Å². The summed E-state index contributed by atoms with van der Waals surface area (Å²) in [5.74, 6) is -0.470. The van der Waals surface area contributed by atoms with Crippen LogP contribution in [0.25, 0.3) is 32.8 Å². The Morgan fingerprint density at radius 1 is 0.761 bits per heavy atom. The molecule has 1 unspecified atom stereocenters. The number of piperazine rings is 2. The Balaban J connectivity index is 0.707. The van der Waals surface area contributed by atoms with Crippen LogP contribution in [0.3, 0.4) is 0 Å². The Kier molecular flexibility index (Phi) is 19.4. The Labute approximate surface area is 513 Å². The van der Waals surface area contributed by atoms with Gasteiger partial charge in [0.2, 0.25) is 11.8 Å². The molecule has 0 radical (unpaired) electrons. The van der Waals surface area contributed by atoms with Gasteiger partial charge >= 0.3 is 5.97 Å². The average molecular weight is 1220 g/mol. The van der Waals surface area contributed by atoms with Crippen molar-refractivity contribution in [3.63, 3.8) is 0 Å². The van der Waals surface area contributed by atoms with Gasteiger partial charge < -0.3 is 43.7 Å². The van der Waals surface area contributed by atoms with Crippen molar-refractivity contribution in [2.24, 2.45) is 7.05 Å². The number of nitrogens with zero attached hydrogens (tertiary/aromatic N) is 9. The van der Waals surface area contributed by atoms with Crippen molar-refractivity contribution in [2.75, 3.05) is 129 Å². The fourth-order valence-corrected chi connectivity index (χ4v) is 13.8. The van der Waals surface area contributed by atoms with Gasteiger partial charge in [-0.15, -0.1) is 0 Å². The zero-order valence-electron chi connectivity index (χ0n) is 50.6. The van der Waals surface area contributed by atoms with Gasteiger partial charge in [0.25, 0.3) is 16.1 Å². The molecule has 88 heavy (non-hydrogen) atoms. The van der Waals surface area contributed by atoms with E-state index in [1.165, 1.54) is 8.61 Å². The van der Waals surface area contributed by atoms with Crippen LogP contribution < -0.4 is 25.0 Å². The Hall–Kier alpha value is -7.90. The van der Waals surface area contributed by atoms with E-state index in [1.807, 2.05) is 96.0 Å². The van der Waals surface area contributed by atoms with Crippen molar-refractivity contribution in [3.8, 4) is 22.6 Å². The lowest BCUT2D eigenvalue weighted by Gasteiger charge is -2.36. The highest BCUT2D eigenvalue weighted by atomic mass is 32.2. The number of aromatic carboxylic acids is 1. The molecule has 3 N–H and O–H groups in total. The Morgan fingerprint density at radius 3 is 2.20 bits per heavy atom. The van der Waals surface area contributed by atoms with Gasteiger partial charge in [-0.1, -0.05) is 60.7 Å². The van der Waals surface area contributed by atoms with Gasteiger partial charge in [0, 0.05) is 157 Å². The molecule has 0 saturated carbocycles. The second kappa shape index (κ2) is 27.6. The summed E-state index contributed by atoms with van der Waals surface area (Å²) in [7, 11) is 1.53. The van der Waals surface area contributed by atoms with Crippen LogP contribution in [0.1, 0.15) is 62.6 Å². The molecular weight excluding hydrogens is 1140 g/mol. The number of benzene rings is 5. The number of piperidine rings is 1. The molecule has 0 aliphatic carbocycles. The number of carbonyl (C=O) groups excluding carboxylic acids is 3. The lowest BCUT2D eigenvalue weighted by atomic mass is 9.98. The maximum atomic E-state index is 13.7. The van der Waals surface area contributed by atoms with Crippen LogP contribution in [-0.2, 0) is 62.4 Å². The second-order valence-electron chi connectivity index (χ2n) is 23.0. The van der Waals surface area contributed by atoms with Gasteiger partial charge in [-0.2, -0.15) is 22.1 Å². The summed E-state index contributed by atoms with van der Waals surface area (Å²) >= 11 is 0. The van der Waals surface area contributed by atoms with Crippen molar-refractivity contribution >= 4 is 67.0 Å². The van der Waals surface area contributed by atoms with E-state index in [9.17, 15) is 32.7 Å². The molecule has 3 fully saturated rings. The van der Waals surface area contributed by atoms with E-state index in [2.05, 4.69) is 49.6 Å². The third-order valence-electron chi connectivity index (χ3n) is 17.4. The smallest absolute Gasteiger partial charge is 0.352 e. The van der Waals surface area contributed by atoms with E-state index in [-0.39, 0.29) is 30.5 Å². The van der Waals surface area contributed by atoms with Gasteiger partial charge in [0.05, 0.1) is 49.9 Å². The van der Waals surface area contributed by atoms with Gasteiger partial charge in [-0.3, -0.25) is 34.2 Å². The highest BCUT2D eigenvalue weighted by Gasteiger charge is 2.40. The van der Waals surface area contributed by atoms with Crippen LogP contribution >= 0.6 is 0 Å². The minimum atomic E-state index is -3.48. The number of hydrogen-bond acceptors (Lipinski definition) is 15. The molecule has 6 heterocycles. The number of fused-ring (bicyclic) bond motifs is 3. The summed E-state index contributed by atoms with van der Waals surface area (Å²) in [6.45, 7) is 12.4. The van der Waals surface area contributed by atoms with Gasteiger partial charge in [0.15, 0.2) is 0 Å². The number of amides is 3. The van der Waals surface area contributed by atoms with E-state index >= 15 is 0 Å². The third-order valence-corrected chi connectivity index (χ3v) is 19.3. The van der Waals surface area contributed by atoms with Crippen LogP contribution in [0.2, 0.25) is 0 Å². The largest absolute Gasteiger partial charge is 0.493 e. The minimum Gasteiger partial charge on any atom is -0.493 e. The number of ether oxygens (including phenoxy) is 4. The molecule has 22 nitrogen and oxygen atoms in total. The summed E-state index contributed by atoms with van der Waals surface area (Å²) in [4.78, 5) is 59.7. The lowest BCUT2D eigenvalue weighted by Crippen LogP contribution is -2.52. The Morgan fingerprint density at radius 2 is 1.45 bits per heavy atom. The highest BCUT2D eigenvalue weighted by Crippen LogP contribution is 2.39. The average Bonchev–Trinajstić information content (AvgIpc) is 1.64. The number of hydrogen-bond donors (Lipinski definition) is 3. The number of nitrogens with one attached hydrogen (secondary N) is 2. The molecule has 3 saturated heterocycles. The van der Waals surface area contributed by atoms with E-state index in [0.29, 0.717) is 116 Å². The molecule has 4 aliphatic heterocycles. The van der Waals surface area contributed by atoms with E-state index < -0.39 is 28.1 Å². The van der Waals surface area contributed by atoms with Crippen molar-refractivity contribution < 1.29 is 51.6 Å². The summed E-state index contributed by atoms with van der Waals surface area (Å²) in [6, 6.07) is 33.0. The van der Waals surface area contributed by atoms with Crippen LogP contribution in [0.15, 0.2) is 103 Å². The molecule has 466 valence electrons. The van der Waals surface area contributed by atoms with E-state index in [4.69, 9.17) is 24.0 Å². The number of aromatic nitrogens is 3. The first-order valence-electron chi connectivity index (χ1n) is 30.4. The quantitative estimate of drug-likeness (QED) is 0.0382. The molecule has 5 aromatic carbocycles. The van der Waals surface area contributed by atoms with Gasteiger partial charge in [-0.25, -0.2) is 4.79 Å². The number of aryl methyl sites for hydroxylation is 3. The predicted molar refractivity (Wildman–Crippen MR) is 336 cm³/mol. The normalized spacial score (nSPS) is 17.1. The van der Waals surface area contributed by atoms with Crippen molar-refractivity contribution in [2.45, 2.75) is 58.3 Å². The zero-order chi connectivity index (χ0) is 61.5. The first kappa shape index (κ1) is 61.7. The second-order valence-corrected chi connectivity index (χ2v) is 25.1. The summed E-state index contributed by atoms with van der Waals surface area (Å²) in [6.07, 6.45) is 1.61. The molecule has 11 rings (SSSR count). The fourth-order valence-electron chi connectivity index (χ4n) is 12.7. The van der Waals surface area contributed by atoms with Crippen LogP contribution in [0.5, 0.6) is 11.5 Å². The minimum absolute atomic E-state index is 0.204. The molecule has 23 heteroatoms. The van der Waals surface area contributed by atoms with Gasteiger partial charge in [0.1, 0.15) is 29.8 Å². The predicted octanol–water partition coefficient (Wildman–Crippen LogP) is 6.24. The monoisotopic (exact) mass is 1220 g/mol. The topological polar surface area (TPSA) is 226 Å². The molecular formula is C65H79N11O11S. The molecule has 7 aromatic rings. The molecule has 4 aliphatic rings. The number of rotatable bonds is 27. The standard InChI is InChI=1S/C65H79N11O11S/c1-45-60(57(70(4)68-45)44-87-48-22-20-47(21-23-48)73-32-34-74(35-33-73)88(82,83)69(2)3)53-16-8-14-50-51(17-10-38-86-58-19-7-12-46-11-5-6-13-49(46)58)62(65(80)81)75(61(50)53)36-31-71-27-29-72(30-28-71)37-40-85-42-41-84-39-26-66-55-18-9-15-52-54(55)43-76(64(52)79)56-24-25-59(77)67-63(56)78/h5-9,11-16,18-23,56,66H,10,17,24-44H2,1-4H3,(H,80,81)(H,67,77,78). The molecule has 0 bridgehead atoms. The first-order chi connectivity index (χ1) is 42.6. The summed E-state index contributed by atoms with van der Waals surface area (Å²) in [5.41, 5.74) is 8.51. The maximum absolute atomic E-state index is 13.7. The van der Waals surface area contributed by atoms with Crippen molar-refractivity contribution in [1.82, 2.24) is 43.0 Å². The van der Waals surface area contributed by atoms with Crippen molar-refractivity contribution in [1.29, 1.82) is 0 Å². The number of carbonyl (C=O) groups is 4. The Bertz CT molecular complexity index is 3770. The van der Waals surface area contributed by atoms with Gasteiger partial charge in [-0.05, 0) is 79.6 Å². The number of para-hydroxylation sites is 1. The zero-order valence-corrected chi connectivity index (χ0v) is 51.4. The molecule has 2 aromatic heterocycles. The molecule has 1 atom stereocenters. The first-order valence-corrected chi connectivity index (χ1v) is 31.8. The highest BCUT2D eigenvalue weighted by molar-refractivity contribution is 7.86. The molecule has 0 spiro atoms. The maximum Gasteiger partial charge on any atom is 0.352 e. The number of imide groups is 1. The lowest BCUT2D eigenvalue weighted by molar-refractivity contribution is -0.136. The number of anilines is 2. The SMILES string of the molecule is Cc1nn(C)c(COc2ccc(N3CCN(S(=O)(=O)N(C)C)CC3)cc2)c1-c1cccc2c(CCCOc3cccc4ccccc34)c(C(=O)O)n(CCN3CCN(CCOCCOCCNc4cccc5c4CN(C4CCC(=O)NC4=O)C5=O)CC3)c12. The van der Waals surface area contributed by atoms with Crippen molar-refractivity contribution in [3.05, 3.63) is 137 Å². The number of carboxylic acid groups (broad SMARTS) is 1. The van der Waals surface area contributed by atoms with Crippen LogP contribution in [0.4, 0.5) is 11.4 Å². The summed E-state index contributed by atoms with van der Waals surface area (Å²) < 4.78 is 56.9. The van der Waals surface area contributed by atoms with E-state index in [0.717, 1.165) is 105 Å². The van der Waals surface area contributed by atoms with Crippen LogP contribution in [-0.4, -0.2) is 200 Å². The molecule has 3 amide bonds.